The molecule has 2 N–H and O–H groups in total. The lowest BCUT2D eigenvalue weighted by molar-refractivity contribution is -0.144. The minimum absolute atomic E-state index is 0. The number of imide groups is 1. The predicted octanol–water partition coefficient (Wildman–Crippen LogP) is 1.07. The Morgan fingerprint density at radius 3 is 2.62 bits per heavy atom. The molecule has 26 heavy (non-hydrogen) atoms. The zero-order valence-corrected chi connectivity index (χ0v) is 15.0. The lowest BCUT2D eigenvalue weighted by Crippen LogP contribution is -2.42. The summed E-state index contributed by atoms with van der Waals surface area (Å²) in [5.41, 5.74) is 1.03. The Morgan fingerprint density at radius 2 is 1.92 bits per heavy atom. The number of carbonyl (C=O) groups excluding carboxylic acids is 3. The van der Waals surface area contributed by atoms with Gasteiger partial charge in [-0.3, -0.25) is 29.0 Å². The minimum atomic E-state index is -0.837. The molecule has 1 fully saturated rings. The summed E-state index contributed by atoms with van der Waals surface area (Å²) in [7, 11) is 1.41. The van der Waals surface area contributed by atoms with Crippen LogP contribution in [-0.2, 0) is 9.59 Å². The first-order valence-corrected chi connectivity index (χ1v) is 8.08. The monoisotopic (exact) mass is 381 g/mol. The van der Waals surface area contributed by atoms with Gasteiger partial charge in [-0.1, -0.05) is 0 Å². The van der Waals surface area contributed by atoms with Crippen LogP contribution in [0.4, 0.5) is 5.69 Å². The fraction of sp³-hybridized carbons (Fsp3) is 0.412. The second-order valence-electron chi connectivity index (χ2n) is 6.39. The Bertz CT molecular complexity index is 767. The van der Waals surface area contributed by atoms with Crippen LogP contribution in [0.2, 0.25) is 0 Å². The van der Waals surface area contributed by atoms with Crippen LogP contribution in [0.3, 0.4) is 0 Å². The first-order valence-electron chi connectivity index (χ1n) is 8.08. The molecule has 0 aliphatic carbocycles. The number of aliphatic carboxylic acids is 1. The summed E-state index contributed by atoms with van der Waals surface area (Å²) in [5.74, 6) is -2.31. The Morgan fingerprint density at radius 1 is 1.23 bits per heavy atom. The number of halogens is 1. The molecule has 1 saturated heterocycles. The number of rotatable bonds is 4. The molecule has 3 amide bonds. The minimum Gasteiger partial charge on any atom is -0.481 e. The number of benzene rings is 1. The van der Waals surface area contributed by atoms with E-state index in [1.165, 1.54) is 19.2 Å². The molecule has 9 heteroatoms. The normalized spacial score (nSPS) is 19.7. The molecular formula is C17H20ClN3O5. The van der Waals surface area contributed by atoms with Gasteiger partial charge in [-0.15, -0.1) is 12.4 Å². The van der Waals surface area contributed by atoms with E-state index >= 15 is 0 Å². The van der Waals surface area contributed by atoms with Crippen molar-refractivity contribution in [1.82, 2.24) is 9.80 Å². The second kappa shape index (κ2) is 7.84. The molecule has 1 atom stereocenters. The number of carboxylic acid groups (broad SMARTS) is 1. The van der Waals surface area contributed by atoms with Crippen LogP contribution < -0.4 is 5.32 Å². The number of fused-ring (bicyclic) bond motifs is 1. The summed E-state index contributed by atoms with van der Waals surface area (Å²) in [6.45, 7) is 1.12. The number of anilines is 1. The van der Waals surface area contributed by atoms with Crippen LogP contribution in [0.15, 0.2) is 18.2 Å². The third-order valence-electron chi connectivity index (χ3n) is 4.60. The van der Waals surface area contributed by atoms with Crippen LogP contribution in [0.25, 0.3) is 0 Å². The highest BCUT2D eigenvalue weighted by molar-refractivity contribution is 6.21. The molecule has 0 saturated carbocycles. The molecular weight excluding hydrogens is 362 g/mol. The van der Waals surface area contributed by atoms with E-state index in [4.69, 9.17) is 5.11 Å². The van der Waals surface area contributed by atoms with E-state index in [9.17, 15) is 19.2 Å². The molecule has 8 nitrogen and oxygen atoms in total. The Kier molecular flexibility index (Phi) is 5.99. The predicted molar refractivity (Wildman–Crippen MR) is 95.5 cm³/mol. The molecule has 0 bridgehead atoms. The average molecular weight is 382 g/mol. The number of nitrogens with zero attached hydrogens (tertiary/aromatic N) is 2. The molecule has 140 valence electrons. The van der Waals surface area contributed by atoms with E-state index in [1.54, 1.807) is 6.07 Å². The van der Waals surface area contributed by atoms with Crippen molar-refractivity contribution in [3.63, 3.8) is 0 Å². The van der Waals surface area contributed by atoms with Gasteiger partial charge in [0.05, 0.1) is 23.6 Å². The Labute approximate surface area is 156 Å². The van der Waals surface area contributed by atoms with E-state index in [1.807, 2.05) is 4.90 Å². The van der Waals surface area contributed by atoms with Gasteiger partial charge in [0.25, 0.3) is 11.8 Å². The molecule has 2 aliphatic heterocycles. The Balaban J connectivity index is 0.00000243. The summed E-state index contributed by atoms with van der Waals surface area (Å²) < 4.78 is 0. The maximum Gasteiger partial charge on any atom is 0.307 e. The highest BCUT2D eigenvalue weighted by Crippen LogP contribution is 2.25. The van der Waals surface area contributed by atoms with E-state index in [-0.39, 0.29) is 36.3 Å². The molecule has 1 aromatic carbocycles. The zero-order valence-electron chi connectivity index (χ0n) is 14.2. The quantitative estimate of drug-likeness (QED) is 0.755. The number of amides is 3. The fourth-order valence-electron chi connectivity index (χ4n) is 3.24. The van der Waals surface area contributed by atoms with Gasteiger partial charge in [-0.2, -0.15) is 0 Å². The van der Waals surface area contributed by atoms with Crippen LogP contribution in [0, 0.1) is 5.92 Å². The van der Waals surface area contributed by atoms with Crippen molar-refractivity contribution in [2.24, 2.45) is 5.92 Å². The molecule has 3 rings (SSSR count). The Hall–Kier alpha value is -2.45. The van der Waals surface area contributed by atoms with Crippen molar-refractivity contribution in [3.05, 3.63) is 29.3 Å². The summed E-state index contributed by atoms with van der Waals surface area (Å²) in [5, 5.41) is 11.8. The van der Waals surface area contributed by atoms with Crippen LogP contribution >= 0.6 is 12.4 Å². The number of hydrogen-bond acceptors (Lipinski definition) is 5. The first kappa shape index (κ1) is 19.9. The summed E-state index contributed by atoms with van der Waals surface area (Å²) in [4.78, 5) is 50.0. The standard InChI is InChI=1S/C17H19N3O5.ClH/c1-19-15(22)12-5-4-11(7-13(12)16(19)23)18-14(21)9-20-6-2-3-10(8-20)17(24)25;/h4-5,7,10H,2-3,6,8-9H2,1H3,(H,18,21)(H,24,25);1H. The number of carbonyl (C=O) groups is 4. The maximum atomic E-state index is 12.2. The average Bonchev–Trinajstić information content (AvgIpc) is 2.79. The van der Waals surface area contributed by atoms with Crippen molar-refractivity contribution in [3.8, 4) is 0 Å². The lowest BCUT2D eigenvalue weighted by Gasteiger charge is -2.29. The van der Waals surface area contributed by atoms with Crippen molar-refractivity contribution in [1.29, 1.82) is 0 Å². The summed E-state index contributed by atoms with van der Waals surface area (Å²) in [6, 6.07) is 4.60. The largest absolute Gasteiger partial charge is 0.481 e. The molecule has 1 unspecified atom stereocenters. The lowest BCUT2D eigenvalue weighted by atomic mass is 9.98. The first-order chi connectivity index (χ1) is 11.9. The van der Waals surface area contributed by atoms with Gasteiger partial charge in [0.1, 0.15) is 0 Å². The van der Waals surface area contributed by atoms with Crippen LogP contribution in [-0.4, -0.2) is 65.3 Å². The fourth-order valence-corrected chi connectivity index (χ4v) is 3.24. The molecule has 0 spiro atoms. The van der Waals surface area contributed by atoms with Crippen LogP contribution in [0.5, 0.6) is 0 Å². The van der Waals surface area contributed by atoms with Gasteiger partial charge >= 0.3 is 5.97 Å². The van der Waals surface area contributed by atoms with E-state index in [0.717, 1.165) is 11.3 Å². The smallest absolute Gasteiger partial charge is 0.307 e. The number of hydrogen-bond donors (Lipinski definition) is 2. The summed E-state index contributed by atoms with van der Waals surface area (Å²) in [6.07, 6.45) is 1.37. The van der Waals surface area contributed by atoms with E-state index in [0.29, 0.717) is 30.8 Å². The van der Waals surface area contributed by atoms with Gasteiger partial charge in [-0.05, 0) is 37.6 Å². The van der Waals surface area contributed by atoms with Gasteiger partial charge in [0, 0.05) is 19.3 Å². The maximum absolute atomic E-state index is 12.2. The molecule has 1 aromatic rings. The molecule has 2 aliphatic rings. The van der Waals surface area contributed by atoms with Gasteiger partial charge < -0.3 is 10.4 Å². The molecule has 2 heterocycles. The van der Waals surface area contributed by atoms with Crippen molar-refractivity contribution in [2.45, 2.75) is 12.8 Å². The summed E-state index contributed by atoms with van der Waals surface area (Å²) >= 11 is 0. The second-order valence-corrected chi connectivity index (χ2v) is 6.39. The third-order valence-corrected chi connectivity index (χ3v) is 4.60. The van der Waals surface area contributed by atoms with Gasteiger partial charge in [0.2, 0.25) is 5.91 Å². The SMILES string of the molecule is CN1C(=O)c2ccc(NC(=O)CN3CCCC(C(=O)O)C3)cc2C1=O.Cl. The number of piperidine rings is 1. The van der Waals surface area contributed by atoms with Crippen LogP contribution in [0.1, 0.15) is 33.6 Å². The highest BCUT2D eigenvalue weighted by Gasteiger charge is 2.33. The topological polar surface area (TPSA) is 107 Å². The van der Waals surface area contributed by atoms with E-state index < -0.39 is 17.8 Å². The van der Waals surface area contributed by atoms with Gasteiger partial charge in [0.15, 0.2) is 0 Å². The third kappa shape index (κ3) is 3.86. The van der Waals surface area contributed by atoms with E-state index in [2.05, 4.69) is 5.32 Å². The van der Waals surface area contributed by atoms with Crippen molar-refractivity contribution in [2.75, 3.05) is 32.0 Å². The van der Waals surface area contributed by atoms with Crippen molar-refractivity contribution < 1.29 is 24.3 Å². The molecule has 0 aromatic heterocycles. The number of likely N-dealkylation sites (tertiary alicyclic amines) is 1. The molecule has 0 radical (unpaired) electrons. The van der Waals surface area contributed by atoms with Crippen molar-refractivity contribution >= 4 is 41.8 Å². The highest BCUT2D eigenvalue weighted by atomic mass is 35.5. The number of nitrogens with one attached hydrogen (secondary N) is 1. The number of carboxylic acids is 1. The van der Waals surface area contributed by atoms with Gasteiger partial charge in [-0.25, -0.2) is 0 Å². The zero-order chi connectivity index (χ0) is 18.1.